The smallest absolute Gasteiger partial charge is 0.0457 e. The number of aromatic nitrogens is 1. The first-order chi connectivity index (χ1) is 9.74. The van der Waals surface area contributed by atoms with Gasteiger partial charge >= 0.3 is 0 Å². The van der Waals surface area contributed by atoms with Crippen LogP contribution in [-0.4, -0.2) is 4.98 Å². The van der Waals surface area contributed by atoms with Crippen molar-refractivity contribution in [3.8, 4) is 0 Å². The summed E-state index contributed by atoms with van der Waals surface area (Å²) < 4.78 is 0. The van der Waals surface area contributed by atoms with Crippen molar-refractivity contribution in [1.29, 1.82) is 0 Å². The Bertz CT molecular complexity index is 700. The average Bonchev–Trinajstić information content (AvgIpc) is 2.94. The summed E-state index contributed by atoms with van der Waals surface area (Å²) in [5, 5.41) is 5.62. The van der Waals surface area contributed by atoms with Crippen LogP contribution in [0.3, 0.4) is 0 Å². The van der Waals surface area contributed by atoms with Gasteiger partial charge in [0.1, 0.15) is 0 Å². The Morgan fingerprint density at radius 3 is 2.70 bits per heavy atom. The van der Waals surface area contributed by atoms with Gasteiger partial charge in [0, 0.05) is 34.7 Å². The van der Waals surface area contributed by atoms with Gasteiger partial charge in [-0.3, -0.25) is 0 Å². The quantitative estimate of drug-likeness (QED) is 0.716. The Labute approximate surface area is 123 Å². The Kier molecular flexibility index (Phi) is 3.77. The molecule has 1 aromatic heterocycles. The molecule has 20 heavy (non-hydrogen) atoms. The molecule has 1 atom stereocenters. The van der Waals surface area contributed by atoms with E-state index in [0.29, 0.717) is 6.04 Å². The Hall–Kier alpha value is -1.77. The molecule has 2 nitrogen and oxygen atoms in total. The molecule has 102 valence electrons. The van der Waals surface area contributed by atoms with Crippen LogP contribution in [0.15, 0.2) is 54.7 Å². The maximum atomic E-state index is 5.92. The molecule has 0 aliphatic rings. The molecule has 3 rings (SSSR count). The van der Waals surface area contributed by atoms with Crippen LogP contribution in [0.1, 0.15) is 24.1 Å². The second-order valence-electron chi connectivity index (χ2n) is 5.01. The van der Waals surface area contributed by atoms with E-state index in [1.165, 1.54) is 22.0 Å². The fourth-order valence-corrected chi connectivity index (χ4v) is 2.56. The molecule has 0 saturated carbocycles. The molecule has 0 aliphatic heterocycles. The fourth-order valence-electron chi connectivity index (χ4n) is 2.44. The highest BCUT2D eigenvalue weighted by atomic mass is 35.5. The molecule has 0 amide bonds. The third-order valence-electron chi connectivity index (χ3n) is 3.65. The zero-order valence-electron chi connectivity index (χ0n) is 11.4. The van der Waals surface area contributed by atoms with Crippen molar-refractivity contribution in [1.82, 2.24) is 10.3 Å². The van der Waals surface area contributed by atoms with Gasteiger partial charge in [-0.25, -0.2) is 0 Å². The lowest BCUT2D eigenvalue weighted by Gasteiger charge is -2.15. The van der Waals surface area contributed by atoms with Crippen LogP contribution in [0.5, 0.6) is 0 Å². The lowest BCUT2D eigenvalue weighted by atomic mass is 10.1. The molecule has 0 fully saturated rings. The van der Waals surface area contributed by atoms with Gasteiger partial charge in [-0.1, -0.05) is 35.9 Å². The summed E-state index contributed by atoms with van der Waals surface area (Å²) in [6.07, 6.45) is 1.98. The van der Waals surface area contributed by atoms with Crippen LogP contribution in [0.2, 0.25) is 5.02 Å². The topological polar surface area (TPSA) is 27.8 Å². The number of halogens is 1. The van der Waals surface area contributed by atoms with Gasteiger partial charge in [0.2, 0.25) is 0 Å². The number of hydrogen-bond acceptors (Lipinski definition) is 1. The molecule has 3 heteroatoms. The minimum absolute atomic E-state index is 0.293. The highest BCUT2D eigenvalue weighted by Gasteiger charge is 2.06. The normalized spacial score (nSPS) is 12.7. The number of nitrogens with one attached hydrogen (secondary N) is 2. The Morgan fingerprint density at radius 2 is 1.90 bits per heavy atom. The van der Waals surface area contributed by atoms with Crippen molar-refractivity contribution in [2.75, 3.05) is 0 Å². The van der Waals surface area contributed by atoms with Crippen LogP contribution >= 0.6 is 11.6 Å². The molecule has 0 bridgehead atoms. The van der Waals surface area contributed by atoms with E-state index >= 15 is 0 Å². The summed E-state index contributed by atoms with van der Waals surface area (Å²) in [5.74, 6) is 0. The monoisotopic (exact) mass is 284 g/mol. The summed E-state index contributed by atoms with van der Waals surface area (Å²) in [7, 11) is 0. The maximum absolute atomic E-state index is 5.92. The highest BCUT2D eigenvalue weighted by Crippen LogP contribution is 2.20. The van der Waals surface area contributed by atoms with Crippen LogP contribution in [0.25, 0.3) is 10.9 Å². The second kappa shape index (κ2) is 5.70. The first-order valence-electron chi connectivity index (χ1n) is 6.78. The molecule has 0 saturated heterocycles. The minimum Gasteiger partial charge on any atom is -0.361 e. The first-order valence-corrected chi connectivity index (χ1v) is 7.15. The van der Waals surface area contributed by atoms with Gasteiger partial charge in [0.05, 0.1) is 0 Å². The van der Waals surface area contributed by atoms with E-state index in [4.69, 9.17) is 11.6 Å². The predicted molar refractivity (Wildman–Crippen MR) is 85.0 cm³/mol. The number of H-pyrrole nitrogens is 1. The van der Waals surface area contributed by atoms with E-state index in [9.17, 15) is 0 Å². The molecule has 3 aromatic rings. The van der Waals surface area contributed by atoms with Crippen molar-refractivity contribution < 1.29 is 0 Å². The third-order valence-corrected chi connectivity index (χ3v) is 3.91. The van der Waals surface area contributed by atoms with Gasteiger partial charge in [-0.15, -0.1) is 0 Å². The lowest BCUT2D eigenvalue weighted by Crippen LogP contribution is -2.18. The Balaban J connectivity index is 1.73. The predicted octanol–water partition coefficient (Wildman–Crippen LogP) is 4.67. The van der Waals surface area contributed by atoms with E-state index in [2.05, 4.69) is 53.6 Å². The molecule has 2 aromatic carbocycles. The minimum atomic E-state index is 0.293. The number of hydrogen-bond donors (Lipinski definition) is 2. The summed E-state index contributed by atoms with van der Waals surface area (Å²) in [6, 6.07) is 16.8. The maximum Gasteiger partial charge on any atom is 0.0457 e. The molecule has 2 N–H and O–H groups in total. The van der Waals surface area contributed by atoms with E-state index in [0.717, 1.165) is 11.6 Å². The highest BCUT2D eigenvalue weighted by molar-refractivity contribution is 6.30. The van der Waals surface area contributed by atoms with Crippen molar-refractivity contribution in [2.45, 2.75) is 19.5 Å². The van der Waals surface area contributed by atoms with Crippen LogP contribution in [0, 0.1) is 0 Å². The molecule has 0 unspecified atom stereocenters. The zero-order valence-corrected chi connectivity index (χ0v) is 12.1. The van der Waals surface area contributed by atoms with Crippen molar-refractivity contribution in [2.24, 2.45) is 0 Å². The van der Waals surface area contributed by atoms with E-state index in [-0.39, 0.29) is 0 Å². The standard InChI is InChI=1S/C17H17ClN2/c1-12(13-5-7-15(18)8-6-13)20-11-14-3-2-4-17-16(14)9-10-19-17/h2-10,12,19-20H,11H2,1H3/t12-/m0/s1. The van der Waals surface area contributed by atoms with Gasteiger partial charge in [0.15, 0.2) is 0 Å². The molecular weight excluding hydrogens is 268 g/mol. The number of rotatable bonds is 4. The lowest BCUT2D eigenvalue weighted by molar-refractivity contribution is 0.576. The van der Waals surface area contributed by atoms with Crippen molar-refractivity contribution in [3.63, 3.8) is 0 Å². The zero-order chi connectivity index (χ0) is 13.9. The third kappa shape index (κ3) is 2.72. The molecule has 0 aliphatic carbocycles. The molecule has 0 spiro atoms. The first kappa shape index (κ1) is 13.2. The van der Waals surface area contributed by atoms with Crippen molar-refractivity contribution in [3.05, 3.63) is 70.9 Å². The van der Waals surface area contributed by atoms with Gasteiger partial charge in [0.25, 0.3) is 0 Å². The number of aromatic amines is 1. The largest absolute Gasteiger partial charge is 0.361 e. The SMILES string of the molecule is C[C@H](NCc1cccc2[nH]ccc12)c1ccc(Cl)cc1. The summed E-state index contributed by atoms with van der Waals surface area (Å²) in [6.45, 7) is 3.01. The van der Waals surface area contributed by atoms with Crippen LogP contribution in [0.4, 0.5) is 0 Å². The summed E-state index contributed by atoms with van der Waals surface area (Å²) in [4.78, 5) is 3.24. The van der Waals surface area contributed by atoms with Gasteiger partial charge in [-0.05, 0) is 42.3 Å². The molecule has 0 radical (unpaired) electrons. The second-order valence-corrected chi connectivity index (χ2v) is 5.45. The van der Waals surface area contributed by atoms with E-state index in [1.54, 1.807) is 0 Å². The molecular formula is C17H17ClN2. The summed E-state index contributed by atoms with van der Waals surface area (Å²) in [5.41, 5.74) is 3.74. The van der Waals surface area contributed by atoms with Crippen LogP contribution in [-0.2, 0) is 6.54 Å². The molecule has 1 heterocycles. The van der Waals surface area contributed by atoms with Crippen LogP contribution < -0.4 is 5.32 Å². The van der Waals surface area contributed by atoms with Crippen molar-refractivity contribution >= 4 is 22.5 Å². The van der Waals surface area contributed by atoms with Gasteiger partial charge < -0.3 is 10.3 Å². The number of fused-ring (bicyclic) bond motifs is 1. The fraction of sp³-hybridized carbons (Fsp3) is 0.176. The van der Waals surface area contributed by atoms with E-state index in [1.807, 2.05) is 18.3 Å². The summed E-state index contributed by atoms with van der Waals surface area (Å²) >= 11 is 5.92. The van der Waals surface area contributed by atoms with Gasteiger partial charge in [-0.2, -0.15) is 0 Å². The van der Waals surface area contributed by atoms with E-state index < -0.39 is 0 Å². The number of benzene rings is 2. The average molecular weight is 285 g/mol. The Morgan fingerprint density at radius 1 is 1.10 bits per heavy atom.